The maximum atomic E-state index is 12.8. The quantitative estimate of drug-likeness (QED) is 0.674. The second kappa shape index (κ2) is 7.42. The van der Waals surface area contributed by atoms with Crippen LogP contribution >= 0.6 is 11.6 Å². The highest BCUT2D eigenvalue weighted by Gasteiger charge is 2.32. The van der Waals surface area contributed by atoms with Crippen molar-refractivity contribution in [3.63, 3.8) is 0 Å². The molecular weight excluding hydrogens is 395 g/mol. The summed E-state index contributed by atoms with van der Waals surface area (Å²) in [5.41, 5.74) is 0.120. The molecule has 11 heteroatoms. The molecule has 7 nitrogen and oxygen atoms in total. The maximum Gasteiger partial charge on any atom is 0.433 e. The lowest BCUT2D eigenvalue weighted by molar-refractivity contribution is -0.141. The molecule has 0 aromatic carbocycles. The molecule has 0 atom stereocenters. The van der Waals surface area contributed by atoms with Crippen molar-refractivity contribution in [2.24, 2.45) is 0 Å². The van der Waals surface area contributed by atoms with Gasteiger partial charge in [0, 0.05) is 24.0 Å². The fourth-order valence-corrected chi connectivity index (χ4v) is 3.50. The van der Waals surface area contributed by atoms with Crippen LogP contribution in [0.5, 0.6) is 0 Å². The van der Waals surface area contributed by atoms with Gasteiger partial charge in [0.05, 0.1) is 0 Å². The molecule has 148 valence electrons. The molecule has 4 rings (SSSR count). The number of nitrogens with one attached hydrogen (secondary N) is 2. The maximum absolute atomic E-state index is 12.8. The van der Waals surface area contributed by atoms with Crippen LogP contribution in [0.2, 0.25) is 5.28 Å². The highest BCUT2D eigenvalue weighted by molar-refractivity contribution is 6.28. The number of fused-ring (bicyclic) bond motifs is 1. The Kier molecular flexibility index (Phi) is 4.96. The molecule has 0 unspecified atom stereocenters. The van der Waals surface area contributed by atoms with Gasteiger partial charge in [0.15, 0.2) is 5.65 Å². The van der Waals surface area contributed by atoms with Crippen molar-refractivity contribution in [1.29, 1.82) is 0 Å². The molecule has 1 aliphatic rings. The number of alkyl halides is 3. The lowest BCUT2D eigenvalue weighted by Crippen LogP contribution is -2.32. The number of hydrogen-bond acceptors (Lipinski definition) is 6. The summed E-state index contributed by atoms with van der Waals surface area (Å²) in [5.74, 6) is 0.676. The molecule has 0 radical (unpaired) electrons. The van der Waals surface area contributed by atoms with E-state index in [1.807, 2.05) is 6.07 Å². The largest absolute Gasteiger partial charge is 0.433 e. The number of hydrogen-bond donors (Lipinski definition) is 2. The zero-order valence-corrected chi connectivity index (χ0v) is 15.4. The third kappa shape index (κ3) is 4.11. The third-order valence-corrected chi connectivity index (χ3v) is 4.96. The van der Waals surface area contributed by atoms with Crippen molar-refractivity contribution in [2.75, 3.05) is 10.6 Å². The number of rotatable bonds is 4. The number of halogens is 4. The van der Waals surface area contributed by atoms with Crippen LogP contribution in [0.1, 0.15) is 31.4 Å². The fourth-order valence-electron chi connectivity index (χ4n) is 3.34. The van der Waals surface area contributed by atoms with Crippen LogP contribution in [0.15, 0.2) is 30.5 Å². The zero-order chi connectivity index (χ0) is 19.7. The Morgan fingerprint density at radius 3 is 2.43 bits per heavy atom. The van der Waals surface area contributed by atoms with E-state index < -0.39 is 11.9 Å². The van der Waals surface area contributed by atoms with Crippen LogP contribution in [0.4, 0.5) is 24.7 Å². The highest BCUT2D eigenvalue weighted by atomic mass is 35.5. The van der Waals surface area contributed by atoms with E-state index in [0.717, 1.165) is 31.7 Å². The normalized spacial score (nSPS) is 20.3. The van der Waals surface area contributed by atoms with Gasteiger partial charge in [-0.2, -0.15) is 17.7 Å². The van der Waals surface area contributed by atoms with E-state index in [0.29, 0.717) is 17.2 Å². The molecule has 3 aromatic rings. The number of nitrogens with zero attached hydrogens (tertiary/aromatic N) is 5. The number of anilines is 2. The van der Waals surface area contributed by atoms with E-state index in [1.54, 1.807) is 12.1 Å². The summed E-state index contributed by atoms with van der Waals surface area (Å²) < 4.78 is 39.8. The van der Waals surface area contributed by atoms with E-state index >= 15 is 0 Å². The van der Waals surface area contributed by atoms with E-state index in [-0.39, 0.29) is 17.4 Å². The lowest BCUT2D eigenvalue weighted by Gasteiger charge is -2.30. The van der Waals surface area contributed by atoms with Crippen LogP contribution in [-0.2, 0) is 6.18 Å². The monoisotopic (exact) mass is 411 g/mol. The Labute approximate surface area is 163 Å². The SMILES string of the molecule is FC(F)(F)c1cc(NC2CCC(Nc3ccc4nnc(Cl)n4n3)CC2)ccn1. The zero-order valence-electron chi connectivity index (χ0n) is 14.6. The van der Waals surface area contributed by atoms with Crippen molar-refractivity contribution in [2.45, 2.75) is 43.9 Å². The second-order valence-corrected chi connectivity index (χ2v) is 7.06. The van der Waals surface area contributed by atoms with Crippen LogP contribution in [0, 0.1) is 0 Å². The molecule has 0 spiro atoms. The van der Waals surface area contributed by atoms with Gasteiger partial charge in [-0.15, -0.1) is 15.3 Å². The molecule has 0 amide bonds. The second-order valence-electron chi connectivity index (χ2n) is 6.72. The molecule has 1 fully saturated rings. The van der Waals surface area contributed by atoms with Gasteiger partial charge in [-0.25, -0.2) is 0 Å². The van der Waals surface area contributed by atoms with Gasteiger partial charge >= 0.3 is 6.18 Å². The molecule has 0 saturated heterocycles. The molecular formula is C17H17ClF3N7. The highest BCUT2D eigenvalue weighted by Crippen LogP contribution is 2.30. The first-order chi connectivity index (χ1) is 13.4. The van der Waals surface area contributed by atoms with Gasteiger partial charge in [-0.1, -0.05) is 0 Å². The van der Waals surface area contributed by atoms with Crippen LogP contribution < -0.4 is 10.6 Å². The molecule has 0 aliphatic heterocycles. The Morgan fingerprint density at radius 1 is 1.00 bits per heavy atom. The van der Waals surface area contributed by atoms with Crippen LogP contribution in [0.3, 0.4) is 0 Å². The summed E-state index contributed by atoms with van der Waals surface area (Å²) >= 11 is 5.94. The first-order valence-corrected chi connectivity index (χ1v) is 9.20. The topological polar surface area (TPSA) is 80.0 Å². The van der Waals surface area contributed by atoms with E-state index in [9.17, 15) is 13.2 Å². The predicted molar refractivity (Wildman–Crippen MR) is 98.3 cm³/mol. The average Bonchev–Trinajstić information content (AvgIpc) is 3.04. The van der Waals surface area contributed by atoms with E-state index in [4.69, 9.17) is 11.6 Å². The minimum atomic E-state index is -4.44. The summed E-state index contributed by atoms with van der Waals surface area (Å²) in [6.45, 7) is 0. The molecule has 1 saturated carbocycles. The van der Waals surface area contributed by atoms with Crippen molar-refractivity contribution < 1.29 is 13.2 Å². The van der Waals surface area contributed by atoms with Gasteiger partial charge in [0.1, 0.15) is 11.5 Å². The third-order valence-electron chi connectivity index (χ3n) is 4.73. The smallest absolute Gasteiger partial charge is 0.382 e. The number of pyridine rings is 1. The van der Waals surface area contributed by atoms with Gasteiger partial charge < -0.3 is 10.6 Å². The first-order valence-electron chi connectivity index (χ1n) is 8.83. The van der Waals surface area contributed by atoms with Gasteiger partial charge in [-0.05, 0) is 61.5 Å². The lowest BCUT2D eigenvalue weighted by atomic mass is 9.91. The van der Waals surface area contributed by atoms with Crippen LogP contribution in [-0.4, -0.2) is 36.9 Å². The summed E-state index contributed by atoms with van der Waals surface area (Å²) in [7, 11) is 0. The van der Waals surface area contributed by atoms with Crippen molar-refractivity contribution in [3.8, 4) is 0 Å². The summed E-state index contributed by atoms with van der Waals surface area (Å²) in [5, 5.41) is 18.8. The minimum absolute atomic E-state index is 0.115. The molecule has 1 aliphatic carbocycles. The standard InChI is InChI=1S/C17H17ClF3N7/c18-16-26-25-15-6-5-14(27-28(15)16)24-11-3-1-10(2-4-11)23-12-7-8-22-13(9-12)17(19,20)21/h5-11H,1-4H2,(H,22,23)(H,24,27). The summed E-state index contributed by atoms with van der Waals surface area (Å²) in [6.07, 6.45) is 0.125. The Bertz CT molecular complexity index is 967. The molecule has 0 bridgehead atoms. The predicted octanol–water partition coefficient (Wildman–Crippen LogP) is 4.03. The fraction of sp³-hybridized carbons (Fsp3) is 0.412. The number of aromatic nitrogens is 5. The van der Waals surface area contributed by atoms with E-state index in [2.05, 4.69) is 30.9 Å². The Balaban J connectivity index is 1.33. The van der Waals surface area contributed by atoms with Crippen molar-refractivity contribution in [3.05, 3.63) is 41.4 Å². The van der Waals surface area contributed by atoms with Crippen LogP contribution in [0.25, 0.3) is 5.65 Å². The van der Waals surface area contributed by atoms with Crippen molar-refractivity contribution >= 4 is 28.8 Å². The van der Waals surface area contributed by atoms with Crippen molar-refractivity contribution in [1.82, 2.24) is 24.8 Å². The molecule has 3 aromatic heterocycles. The first kappa shape index (κ1) is 18.7. The Hall–Kier alpha value is -2.62. The van der Waals surface area contributed by atoms with Gasteiger partial charge in [0.25, 0.3) is 0 Å². The average molecular weight is 412 g/mol. The summed E-state index contributed by atoms with van der Waals surface area (Å²) in [4.78, 5) is 3.38. The summed E-state index contributed by atoms with van der Waals surface area (Å²) in [6, 6.07) is 6.54. The molecule has 2 N–H and O–H groups in total. The van der Waals surface area contributed by atoms with Gasteiger partial charge in [0.2, 0.25) is 5.28 Å². The van der Waals surface area contributed by atoms with Gasteiger partial charge in [-0.3, -0.25) is 4.98 Å². The molecule has 3 heterocycles. The minimum Gasteiger partial charge on any atom is -0.382 e. The van der Waals surface area contributed by atoms with E-state index in [1.165, 1.54) is 10.7 Å². The Morgan fingerprint density at radius 2 is 1.71 bits per heavy atom. The molecule has 28 heavy (non-hydrogen) atoms.